The Morgan fingerprint density at radius 3 is 0.410 bits per heavy atom. The Bertz CT molecular complexity index is 717. The Kier molecular flexibility index (Phi) is 70.5. The van der Waals surface area contributed by atoms with Crippen LogP contribution in [0.5, 0.6) is 0 Å². The van der Waals surface area contributed by atoms with E-state index in [2.05, 4.69) is 20.8 Å². The van der Waals surface area contributed by atoms with Crippen LogP contribution in [0.1, 0.15) is 329 Å². The van der Waals surface area contributed by atoms with E-state index in [-0.39, 0.29) is 37.3 Å². The van der Waals surface area contributed by atoms with Gasteiger partial charge in [-0.1, -0.05) is 290 Å². The van der Waals surface area contributed by atoms with E-state index in [0.29, 0.717) is 19.3 Å². The molecule has 0 fully saturated rings. The fourth-order valence-electron chi connectivity index (χ4n) is 7.94. The number of hydrogen-bond acceptors (Lipinski definition) is 3. The van der Waals surface area contributed by atoms with Crippen LogP contribution in [0.2, 0.25) is 0 Å². The van der Waals surface area contributed by atoms with Crippen LogP contribution < -0.4 is 0 Å². The maximum Gasteiger partial charge on any atom is 0.303 e. The standard InChI is InChI=1S/3C18H36O2.Er/c3*1-2-3-4-5-6-7-8-9-10-11-12-13-14-15-16-17-18(19)20;/h3*2-17H2,1H3,(H,19,20);. The van der Waals surface area contributed by atoms with Gasteiger partial charge in [-0.3, -0.25) is 14.4 Å². The number of hydrogen-bond donors (Lipinski definition) is 3. The van der Waals surface area contributed by atoms with Gasteiger partial charge in [0.05, 0.1) is 0 Å². The van der Waals surface area contributed by atoms with E-state index in [0.717, 1.165) is 38.5 Å². The second-order valence-electron chi connectivity index (χ2n) is 18.3. The molecule has 0 aromatic carbocycles. The fraction of sp³-hybridized carbons (Fsp3) is 0.944. The first-order chi connectivity index (χ1) is 29.3. The molecule has 0 atom stereocenters. The van der Waals surface area contributed by atoms with Gasteiger partial charge in [0.15, 0.2) is 0 Å². The average molecular weight is 1020 g/mol. The summed E-state index contributed by atoms with van der Waals surface area (Å²) >= 11 is 0. The minimum atomic E-state index is -0.653. The molecule has 0 aliphatic rings. The molecule has 0 aliphatic carbocycles. The molecule has 0 saturated heterocycles. The van der Waals surface area contributed by atoms with E-state index in [9.17, 15) is 14.4 Å². The average Bonchev–Trinajstić information content (AvgIpc) is 3.22. The third-order valence-electron chi connectivity index (χ3n) is 12.0. The van der Waals surface area contributed by atoms with Crippen molar-refractivity contribution in [3.05, 3.63) is 0 Å². The SMILES string of the molecule is CCCCCCCCCCCCCCCCCC(=O)O.CCCCCCCCCCCCCCCCCC(=O)O.CCCCCCCCCCCCCCCCCC(=O)O.[Er]. The summed E-state index contributed by atoms with van der Waals surface area (Å²) in [4.78, 5) is 31.0. The first-order valence-corrected chi connectivity index (χ1v) is 27.0. The van der Waals surface area contributed by atoms with Crippen molar-refractivity contribution >= 4 is 17.9 Å². The number of carboxylic acids is 3. The summed E-state index contributed by atoms with van der Waals surface area (Å²) in [7, 11) is 0. The topological polar surface area (TPSA) is 112 Å². The maximum absolute atomic E-state index is 10.3. The van der Waals surface area contributed by atoms with Gasteiger partial charge in [-0.15, -0.1) is 0 Å². The summed E-state index contributed by atoms with van der Waals surface area (Å²) in [5.74, 6) is -1.96. The van der Waals surface area contributed by atoms with Gasteiger partial charge in [0.2, 0.25) is 0 Å². The van der Waals surface area contributed by atoms with Gasteiger partial charge in [-0.2, -0.15) is 0 Å². The third-order valence-corrected chi connectivity index (χ3v) is 12.0. The number of carboxylic acid groups (broad SMARTS) is 3. The zero-order valence-corrected chi connectivity index (χ0v) is 43.1. The molecule has 0 unspecified atom stereocenters. The van der Waals surface area contributed by atoms with Crippen LogP contribution in [-0.2, 0) is 14.4 Å². The fourth-order valence-corrected chi connectivity index (χ4v) is 7.94. The zero-order chi connectivity index (χ0) is 44.7. The molecule has 0 aliphatic heterocycles. The largest absolute Gasteiger partial charge is 0.481 e. The number of aliphatic carboxylic acids is 3. The van der Waals surface area contributed by atoms with Crippen molar-refractivity contribution in [3.63, 3.8) is 0 Å². The van der Waals surface area contributed by atoms with E-state index in [1.54, 1.807) is 0 Å². The molecule has 0 saturated carbocycles. The third kappa shape index (κ3) is 77.3. The van der Waals surface area contributed by atoms with Crippen molar-refractivity contribution in [2.45, 2.75) is 329 Å². The smallest absolute Gasteiger partial charge is 0.303 e. The summed E-state index contributed by atoms with van der Waals surface area (Å²) in [6, 6.07) is 0. The van der Waals surface area contributed by atoms with E-state index >= 15 is 0 Å². The Hall–Kier alpha value is -0.343. The molecule has 0 aromatic heterocycles. The summed E-state index contributed by atoms with van der Waals surface area (Å²) in [6.07, 6.45) is 60.6. The molecule has 0 amide bonds. The first-order valence-electron chi connectivity index (χ1n) is 27.0. The van der Waals surface area contributed by atoms with Crippen LogP contribution in [0.15, 0.2) is 0 Å². The zero-order valence-electron chi connectivity index (χ0n) is 41.3. The van der Waals surface area contributed by atoms with Gasteiger partial charge in [0.25, 0.3) is 0 Å². The van der Waals surface area contributed by atoms with Crippen LogP contribution in [-0.4, -0.2) is 33.2 Å². The molecular formula is C54H108ErO6. The van der Waals surface area contributed by atoms with E-state index in [4.69, 9.17) is 15.3 Å². The Labute approximate surface area is 411 Å². The van der Waals surface area contributed by atoms with Gasteiger partial charge < -0.3 is 15.3 Å². The van der Waals surface area contributed by atoms with Gasteiger partial charge in [-0.05, 0) is 19.3 Å². The molecule has 3 N–H and O–H groups in total. The van der Waals surface area contributed by atoms with Gasteiger partial charge in [-0.25, -0.2) is 0 Å². The van der Waals surface area contributed by atoms with Crippen LogP contribution in [0.3, 0.4) is 0 Å². The van der Waals surface area contributed by atoms with E-state index in [1.165, 1.54) is 250 Å². The summed E-state index contributed by atoms with van der Waals surface area (Å²) in [6.45, 7) is 6.81. The first kappa shape index (κ1) is 67.3. The molecule has 0 spiro atoms. The molecular weight excluding hydrogens is 912 g/mol. The molecule has 61 heavy (non-hydrogen) atoms. The summed E-state index contributed by atoms with van der Waals surface area (Å²) in [5.41, 5.74) is 0. The van der Waals surface area contributed by atoms with E-state index < -0.39 is 17.9 Å². The Balaban J connectivity index is -0.000000396. The quantitative estimate of drug-likeness (QED) is 0.0524. The van der Waals surface area contributed by atoms with Crippen molar-refractivity contribution in [3.8, 4) is 0 Å². The van der Waals surface area contributed by atoms with Crippen LogP contribution in [0, 0.1) is 37.3 Å². The Morgan fingerprint density at radius 1 is 0.213 bits per heavy atom. The molecule has 0 rings (SSSR count). The maximum atomic E-state index is 10.3. The van der Waals surface area contributed by atoms with Gasteiger partial charge in [0.1, 0.15) is 0 Å². The molecule has 6 nitrogen and oxygen atoms in total. The van der Waals surface area contributed by atoms with Crippen molar-refractivity contribution in [1.29, 1.82) is 0 Å². The van der Waals surface area contributed by atoms with Crippen LogP contribution in [0.4, 0.5) is 0 Å². The van der Waals surface area contributed by atoms with Crippen molar-refractivity contribution < 1.29 is 67.0 Å². The van der Waals surface area contributed by atoms with E-state index in [1.807, 2.05) is 0 Å². The predicted molar refractivity (Wildman–Crippen MR) is 262 cm³/mol. The van der Waals surface area contributed by atoms with Crippen LogP contribution >= 0.6 is 0 Å². The molecule has 0 radical (unpaired) electrons. The number of unbranched alkanes of at least 4 members (excludes halogenated alkanes) is 42. The minimum absolute atomic E-state index is 0. The van der Waals surface area contributed by atoms with Crippen molar-refractivity contribution in [1.82, 2.24) is 0 Å². The number of rotatable bonds is 48. The molecule has 7 heteroatoms. The van der Waals surface area contributed by atoms with Gasteiger partial charge >= 0.3 is 17.9 Å². The van der Waals surface area contributed by atoms with Crippen LogP contribution in [0.25, 0.3) is 0 Å². The summed E-state index contributed by atoms with van der Waals surface area (Å²) < 4.78 is 0. The molecule has 0 bridgehead atoms. The summed E-state index contributed by atoms with van der Waals surface area (Å²) in [5, 5.41) is 25.6. The van der Waals surface area contributed by atoms with Gasteiger partial charge in [0, 0.05) is 56.6 Å². The molecule has 0 aromatic rings. The second-order valence-corrected chi connectivity index (χ2v) is 18.3. The second kappa shape index (κ2) is 63.9. The predicted octanol–water partition coefficient (Wildman–Crippen LogP) is 19.0. The van der Waals surface area contributed by atoms with Crippen molar-refractivity contribution in [2.24, 2.45) is 0 Å². The monoisotopic (exact) mass is 1020 g/mol. The number of carbonyl (C=O) groups is 3. The molecule has 0 heterocycles. The normalized spacial score (nSPS) is 10.7. The Morgan fingerprint density at radius 2 is 0.311 bits per heavy atom. The molecule has 372 valence electrons. The van der Waals surface area contributed by atoms with Crippen molar-refractivity contribution in [2.75, 3.05) is 0 Å². The minimum Gasteiger partial charge on any atom is -0.481 e.